The monoisotopic (exact) mass is 310 g/mol. The van der Waals surface area contributed by atoms with Gasteiger partial charge in [-0.25, -0.2) is 19.9 Å². The minimum Gasteiger partial charge on any atom is -0.368 e. The summed E-state index contributed by atoms with van der Waals surface area (Å²) in [4.78, 5) is 20.4. The van der Waals surface area contributed by atoms with Gasteiger partial charge in [0.2, 0.25) is 11.9 Å². The highest BCUT2D eigenvalue weighted by Crippen LogP contribution is 2.44. The van der Waals surface area contributed by atoms with E-state index < -0.39 is 0 Å². The third-order valence-electron chi connectivity index (χ3n) is 5.09. The van der Waals surface area contributed by atoms with E-state index in [4.69, 9.17) is 5.73 Å². The van der Waals surface area contributed by atoms with Crippen molar-refractivity contribution in [2.45, 2.75) is 44.9 Å². The molecule has 2 N–H and O–H groups in total. The smallest absolute Gasteiger partial charge is 0.225 e. The van der Waals surface area contributed by atoms with Gasteiger partial charge in [-0.1, -0.05) is 0 Å². The Morgan fingerprint density at radius 3 is 2.70 bits per heavy atom. The summed E-state index contributed by atoms with van der Waals surface area (Å²) >= 11 is 0. The molecule has 2 aromatic rings. The van der Waals surface area contributed by atoms with Crippen molar-refractivity contribution in [3.8, 4) is 0 Å². The molecule has 1 spiro atoms. The highest BCUT2D eigenvalue weighted by atomic mass is 15.3. The van der Waals surface area contributed by atoms with Crippen molar-refractivity contribution in [3.63, 3.8) is 0 Å². The minimum atomic E-state index is 0.0751. The van der Waals surface area contributed by atoms with Gasteiger partial charge in [0.1, 0.15) is 0 Å². The van der Waals surface area contributed by atoms with E-state index >= 15 is 0 Å². The second-order valence-corrected chi connectivity index (χ2v) is 6.86. The molecular formula is C17H22N6. The Bertz CT molecular complexity index is 734. The van der Waals surface area contributed by atoms with Crippen LogP contribution >= 0.6 is 0 Å². The SMILES string of the molecule is Cc1cc(C)nc(N2CCCC3(CCc4cnc(N)nc43)C2)n1. The number of rotatable bonds is 1. The summed E-state index contributed by atoms with van der Waals surface area (Å²) in [5, 5.41) is 0. The predicted octanol–water partition coefficient (Wildman–Crippen LogP) is 1.95. The average Bonchev–Trinajstić information content (AvgIpc) is 2.84. The van der Waals surface area contributed by atoms with Crippen molar-refractivity contribution in [3.05, 3.63) is 34.9 Å². The van der Waals surface area contributed by atoms with Gasteiger partial charge in [-0.05, 0) is 51.2 Å². The molecule has 1 atom stereocenters. The molecule has 6 nitrogen and oxygen atoms in total. The van der Waals surface area contributed by atoms with Crippen LogP contribution in [0.4, 0.5) is 11.9 Å². The number of aromatic nitrogens is 4. The topological polar surface area (TPSA) is 80.8 Å². The quantitative estimate of drug-likeness (QED) is 0.867. The lowest BCUT2D eigenvalue weighted by molar-refractivity contribution is 0.332. The molecule has 0 radical (unpaired) electrons. The van der Waals surface area contributed by atoms with Crippen LogP contribution in [0.25, 0.3) is 0 Å². The number of aryl methyl sites for hydroxylation is 3. The molecule has 0 bridgehead atoms. The van der Waals surface area contributed by atoms with Gasteiger partial charge in [-0.2, -0.15) is 0 Å². The van der Waals surface area contributed by atoms with E-state index in [0.717, 1.165) is 61.8 Å². The van der Waals surface area contributed by atoms with E-state index in [9.17, 15) is 0 Å². The minimum absolute atomic E-state index is 0.0751. The van der Waals surface area contributed by atoms with Crippen LogP contribution in [-0.4, -0.2) is 33.0 Å². The second-order valence-electron chi connectivity index (χ2n) is 6.86. The molecule has 1 saturated heterocycles. The summed E-state index contributed by atoms with van der Waals surface area (Å²) in [5.41, 5.74) is 10.4. The fourth-order valence-electron chi connectivity index (χ4n) is 4.10. The first-order valence-electron chi connectivity index (χ1n) is 8.25. The fraction of sp³-hybridized carbons (Fsp3) is 0.529. The molecule has 120 valence electrons. The predicted molar refractivity (Wildman–Crippen MR) is 89.4 cm³/mol. The molecule has 23 heavy (non-hydrogen) atoms. The summed E-state index contributed by atoms with van der Waals surface area (Å²) in [6.45, 7) is 5.97. The van der Waals surface area contributed by atoms with Gasteiger partial charge in [0.05, 0.1) is 5.69 Å². The number of nitrogen functional groups attached to an aromatic ring is 1. The fourth-order valence-corrected chi connectivity index (χ4v) is 4.10. The maximum atomic E-state index is 5.85. The molecule has 1 fully saturated rings. The number of nitrogens with two attached hydrogens (primary N) is 1. The molecule has 3 heterocycles. The molecule has 6 heteroatoms. The Kier molecular flexibility index (Phi) is 3.21. The third kappa shape index (κ3) is 2.42. The van der Waals surface area contributed by atoms with E-state index in [-0.39, 0.29) is 5.41 Å². The highest BCUT2D eigenvalue weighted by Gasteiger charge is 2.44. The molecule has 2 aliphatic rings. The van der Waals surface area contributed by atoms with Crippen molar-refractivity contribution >= 4 is 11.9 Å². The van der Waals surface area contributed by atoms with Gasteiger partial charge < -0.3 is 10.6 Å². The molecule has 0 aromatic carbocycles. The summed E-state index contributed by atoms with van der Waals surface area (Å²) in [6, 6.07) is 2.02. The normalized spacial score (nSPS) is 23.3. The van der Waals surface area contributed by atoms with Gasteiger partial charge in [-0.15, -0.1) is 0 Å². The van der Waals surface area contributed by atoms with E-state index in [1.165, 1.54) is 5.56 Å². The van der Waals surface area contributed by atoms with Gasteiger partial charge in [0.25, 0.3) is 0 Å². The molecular weight excluding hydrogens is 288 g/mol. The maximum absolute atomic E-state index is 5.85. The summed E-state index contributed by atoms with van der Waals surface area (Å²) in [5.74, 6) is 1.22. The molecule has 0 saturated carbocycles. The molecule has 2 aromatic heterocycles. The largest absolute Gasteiger partial charge is 0.368 e. The molecule has 1 aliphatic carbocycles. The average molecular weight is 310 g/mol. The van der Waals surface area contributed by atoms with E-state index in [1.807, 2.05) is 26.1 Å². The van der Waals surface area contributed by atoms with E-state index in [2.05, 4.69) is 24.8 Å². The first kappa shape index (κ1) is 14.4. The number of hydrogen-bond donors (Lipinski definition) is 1. The maximum Gasteiger partial charge on any atom is 0.225 e. The number of nitrogens with zero attached hydrogens (tertiary/aromatic N) is 5. The van der Waals surface area contributed by atoms with Crippen LogP contribution in [0.3, 0.4) is 0 Å². The van der Waals surface area contributed by atoms with Gasteiger partial charge in [0.15, 0.2) is 0 Å². The highest BCUT2D eigenvalue weighted by molar-refractivity contribution is 5.42. The Morgan fingerprint density at radius 1 is 1.13 bits per heavy atom. The molecule has 1 unspecified atom stereocenters. The lowest BCUT2D eigenvalue weighted by Crippen LogP contribution is -2.46. The van der Waals surface area contributed by atoms with Crippen LogP contribution in [0.1, 0.15) is 41.9 Å². The number of anilines is 2. The Morgan fingerprint density at radius 2 is 1.91 bits per heavy atom. The van der Waals surface area contributed by atoms with Crippen LogP contribution in [0.5, 0.6) is 0 Å². The first-order chi connectivity index (χ1) is 11.1. The van der Waals surface area contributed by atoms with Crippen molar-refractivity contribution in [2.24, 2.45) is 0 Å². The number of fused-ring (bicyclic) bond motifs is 2. The summed E-state index contributed by atoms with van der Waals surface area (Å²) in [7, 11) is 0. The Balaban J connectivity index is 1.70. The zero-order chi connectivity index (χ0) is 16.0. The van der Waals surface area contributed by atoms with Crippen molar-refractivity contribution in [1.29, 1.82) is 0 Å². The summed E-state index contributed by atoms with van der Waals surface area (Å²) < 4.78 is 0. The van der Waals surface area contributed by atoms with Crippen LogP contribution < -0.4 is 10.6 Å². The third-order valence-corrected chi connectivity index (χ3v) is 5.09. The van der Waals surface area contributed by atoms with Gasteiger partial charge in [0, 0.05) is 36.1 Å². The Hall–Kier alpha value is -2.24. The summed E-state index contributed by atoms with van der Waals surface area (Å²) in [6.07, 6.45) is 6.33. The molecule has 0 amide bonds. The van der Waals surface area contributed by atoms with Crippen LogP contribution in [0.2, 0.25) is 0 Å². The first-order valence-corrected chi connectivity index (χ1v) is 8.25. The van der Waals surface area contributed by atoms with E-state index in [1.54, 1.807) is 0 Å². The van der Waals surface area contributed by atoms with Gasteiger partial charge in [-0.3, -0.25) is 0 Å². The van der Waals surface area contributed by atoms with E-state index in [0.29, 0.717) is 5.95 Å². The van der Waals surface area contributed by atoms with Crippen molar-refractivity contribution in [1.82, 2.24) is 19.9 Å². The molecule has 4 rings (SSSR count). The van der Waals surface area contributed by atoms with Crippen molar-refractivity contribution < 1.29 is 0 Å². The lowest BCUT2D eigenvalue weighted by atomic mass is 9.77. The van der Waals surface area contributed by atoms with Crippen LogP contribution in [-0.2, 0) is 11.8 Å². The molecule has 1 aliphatic heterocycles. The lowest BCUT2D eigenvalue weighted by Gasteiger charge is -2.40. The van der Waals surface area contributed by atoms with Gasteiger partial charge >= 0.3 is 0 Å². The standard InChI is InChI=1S/C17H22N6/c1-11-8-12(2)21-16(20-11)23-7-3-5-17(10-23)6-4-13-9-19-15(18)22-14(13)17/h8-9H,3-7,10H2,1-2H3,(H2,18,19,22). The van der Waals surface area contributed by atoms with Crippen molar-refractivity contribution in [2.75, 3.05) is 23.7 Å². The Labute approximate surface area is 136 Å². The number of hydrogen-bond acceptors (Lipinski definition) is 6. The van der Waals surface area contributed by atoms with Crippen LogP contribution in [0, 0.1) is 13.8 Å². The zero-order valence-electron chi connectivity index (χ0n) is 13.7. The van der Waals surface area contributed by atoms with Crippen LogP contribution in [0.15, 0.2) is 12.3 Å². The zero-order valence-corrected chi connectivity index (χ0v) is 13.7. The second kappa shape index (κ2) is 5.15. The number of piperidine rings is 1.